The van der Waals surface area contributed by atoms with Gasteiger partial charge in [-0.3, -0.25) is 9.59 Å². The van der Waals surface area contributed by atoms with Gasteiger partial charge in [0.25, 0.3) is 0 Å². The number of halogens is 3. The van der Waals surface area contributed by atoms with Crippen molar-refractivity contribution >= 4 is 46.6 Å². The Morgan fingerprint density at radius 2 is 1.55 bits per heavy atom. The molecule has 2 aromatic carbocycles. The van der Waals surface area contributed by atoms with Gasteiger partial charge >= 0.3 is 0 Å². The van der Waals surface area contributed by atoms with E-state index in [9.17, 15) is 9.59 Å². The van der Waals surface area contributed by atoms with Crippen molar-refractivity contribution in [2.75, 3.05) is 6.54 Å². The second kappa shape index (κ2) is 10.9. The molecule has 0 radical (unpaired) electrons. The van der Waals surface area contributed by atoms with E-state index in [2.05, 4.69) is 5.32 Å². The van der Waals surface area contributed by atoms with Crippen LogP contribution in [-0.2, 0) is 22.6 Å². The molecule has 4 nitrogen and oxygen atoms in total. The van der Waals surface area contributed by atoms with Crippen molar-refractivity contribution in [1.29, 1.82) is 0 Å². The van der Waals surface area contributed by atoms with E-state index in [1.165, 1.54) is 4.90 Å². The third-order valence-electron chi connectivity index (χ3n) is 4.51. The van der Waals surface area contributed by atoms with E-state index in [4.69, 9.17) is 34.8 Å². The minimum atomic E-state index is -0.680. The van der Waals surface area contributed by atoms with Gasteiger partial charge in [-0.1, -0.05) is 66.8 Å². The van der Waals surface area contributed by atoms with Crippen LogP contribution < -0.4 is 5.32 Å². The van der Waals surface area contributed by atoms with E-state index >= 15 is 0 Å². The molecule has 2 aromatic rings. The lowest BCUT2D eigenvalue weighted by Gasteiger charge is -2.29. The topological polar surface area (TPSA) is 49.4 Å². The maximum Gasteiger partial charge on any atom is 0.242 e. The van der Waals surface area contributed by atoms with E-state index < -0.39 is 6.04 Å². The molecular weight excluding hydrogens is 431 g/mol. The lowest BCUT2D eigenvalue weighted by molar-refractivity contribution is -0.140. The van der Waals surface area contributed by atoms with Gasteiger partial charge in [0.15, 0.2) is 0 Å². The van der Waals surface area contributed by atoms with Crippen LogP contribution in [0.4, 0.5) is 0 Å². The molecule has 0 unspecified atom stereocenters. The summed E-state index contributed by atoms with van der Waals surface area (Å²) in [5.41, 5.74) is 1.42. The van der Waals surface area contributed by atoms with Crippen LogP contribution in [0, 0.1) is 5.92 Å². The van der Waals surface area contributed by atoms with Crippen molar-refractivity contribution in [3.05, 3.63) is 68.7 Å². The van der Waals surface area contributed by atoms with Gasteiger partial charge in [0, 0.05) is 33.7 Å². The molecule has 0 saturated heterocycles. The van der Waals surface area contributed by atoms with Gasteiger partial charge in [0.05, 0.1) is 6.42 Å². The number of nitrogens with zero attached hydrogens (tertiary/aromatic N) is 1. The van der Waals surface area contributed by atoms with E-state index in [1.54, 1.807) is 49.4 Å². The Morgan fingerprint density at radius 3 is 2.10 bits per heavy atom. The molecule has 2 rings (SSSR count). The van der Waals surface area contributed by atoms with E-state index in [1.807, 2.05) is 13.8 Å². The first-order chi connectivity index (χ1) is 13.7. The summed E-state index contributed by atoms with van der Waals surface area (Å²) in [6.07, 6.45) is 0.140. The number of carbonyl (C=O) groups is 2. The van der Waals surface area contributed by atoms with Crippen LogP contribution in [0.25, 0.3) is 0 Å². The zero-order chi connectivity index (χ0) is 21.6. The molecule has 0 bridgehead atoms. The summed E-state index contributed by atoms with van der Waals surface area (Å²) >= 11 is 18.5. The van der Waals surface area contributed by atoms with Gasteiger partial charge in [0.1, 0.15) is 6.04 Å². The van der Waals surface area contributed by atoms with Gasteiger partial charge in [-0.05, 0) is 42.7 Å². The maximum atomic E-state index is 13.1. The van der Waals surface area contributed by atoms with Crippen LogP contribution in [0.15, 0.2) is 42.5 Å². The first kappa shape index (κ1) is 23.5. The van der Waals surface area contributed by atoms with Crippen molar-refractivity contribution in [2.24, 2.45) is 5.92 Å². The van der Waals surface area contributed by atoms with Crippen molar-refractivity contribution < 1.29 is 9.59 Å². The zero-order valence-electron chi connectivity index (χ0n) is 16.7. The van der Waals surface area contributed by atoms with Crippen molar-refractivity contribution in [3.63, 3.8) is 0 Å². The van der Waals surface area contributed by atoms with Gasteiger partial charge < -0.3 is 10.2 Å². The van der Waals surface area contributed by atoms with Crippen LogP contribution in [0.5, 0.6) is 0 Å². The van der Waals surface area contributed by atoms with E-state index in [-0.39, 0.29) is 24.8 Å². The molecule has 29 heavy (non-hydrogen) atoms. The van der Waals surface area contributed by atoms with Crippen molar-refractivity contribution in [1.82, 2.24) is 10.2 Å². The molecule has 7 heteroatoms. The third kappa shape index (κ3) is 6.91. The maximum absolute atomic E-state index is 13.1. The molecule has 0 aliphatic carbocycles. The summed E-state index contributed by atoms with van der Waals surface area (Å²) in [5.74, 6) is -0.107. The highest BCUT2D eigenvalue weighted by molar-refractivity contribution is 6.36. The highest BCUT2D eigenvalue weighted by Gasteiger charge is 2.27. The van der Waals surface area contributed by atoms with E-state index in [0.717, 1.165) is 5.56 Å². The molecule has 0 aliphatic rings. The summed E-state index contributed by atoms with van der Waals surface area (Å²) in [6, 6.07) is 11.6. The number of benzene rings is 2. The van der Waals surface area contributed by atoms with Gasteiger partial charge in [-0.2, -0.15) is 0 Å². The Bertz CT molecular complexity index is 833. The largest absolute Gasteiger partial charge is 0.354 e. The molecule has 0 fully saturated rings. The third-order valence-corrected chi connectivity index (χ3v) is 5.47. The monoisotopic (exact) mass is 454 g/mol. The minimum absolute atomic E-state index is 0.140. The Kier molecular flexibility index (Phi) is 8.81. The summed E-state index contributed by atoms with van der Waals surface area (Å²) in [7, 11) is 0. The molecule has 1 N–H and O–H groups in total. The molecule has 2 amide bonds. The Morgan fingerprint density at radius 1 is 0.966 bits per heavy atom. The van der Waals surface area contributed by atoms with Crippen molar-refractivity contribution in [3.8, 4) is 0 Å². The average Bonchev–Trinajstić information content (AvgIpc) is 2.67. The lowest BCUT2D eigenvalue weighted by Crippen LogP contribution is -2.48. The first-order valence-electron chi connectivity index (χ1n) is 9.43. The van der Waals surface area contributed by atoms with Crippen LogP contribution in [-0.4, -0.2) is 29.3 Å². The normalized spacial score (nSPS) is 12.0. The molecule has 0 saturated carbocycles. The molecule has 156 valence electrons. The fourth-order valence-corrected chi connectivity index (χ4v) is 3.41. The fourth-order valence-electron chi connectivity index (χ4n) is 2.77. The Labute approximate surface area is 187 Å². The molecule has 1 atom stereocenters. The summed E-state index contributed by atoms with van der Waals surface area (Å²) < 4.78 is 0. The predicted molar refractivity (Wildman–Crippen MR) is 119 cm³/mol. The predicted octanol–water partition coefficient (Wildman–Crippen LogP) is 5.38. The lowest BCUT2D eigenvalue weighted by atomic mass is 10.1. The number of hydrogen-bond donors (Lipinski definition) is 1. The van der Waals surface area contributed by atoms with E-state index in [0.29, 0.717) is 33.1 Å². The Hall–Kier alpha value is -1.75. The van der Waals surface area contributed by atoms with Gasteiger partial charge in [-0.15, -0.1) is 0 Å². The number of carbonyl (C=O) groups excluding carboxylic acids is 2. The summed E-state index contributed by atoms with van der Waals surface area (Å²) in [6.45, 7) is 6.41. The number of rotatable bonds is 8. The molecular formula is C22H25Cl3N2O2. The second-order valence-corrected chi connectivity index (χ2v) is 8.59. The fraction of sp³-hybridized carbons (Fsp3) is 0.364. The van der Waals surface area contributed by atoms with Crippen LogP contribution in [0.1, 0.15) is 31.9 Å². The second-order valence-electron chi connectivity index (χ2n) is 7.34. The highest BCUT2D eigenvalue weighted by atomic mass is 35.5. The zero-order valence-corrected chi connectivity index (χ0v) is 19.0. The molecule has 0 heterocycles. The van der Waals surface area contributed by atoms with Gasteiger partial charge in [-0.25, -0.2) is 0 Å². The van der Waals surface area contributed by atoms with Crippen LogP contribution in [0.2, 0.25) is 15.1 Å². The summed E-state index contributed by atoms with van der Waals surface area (Å²) in [5, 5.41) is 4.40. The quantitative estimate of drug-likeness (QED) is 0.581. The molecule has 0 spiro atoms. The van der Waals surface area contributed by atoms with Crippen LogP contribution in [0.3, 0.4) is 0 Å². The standard InChI is InChI=1S/C22H25Cl3N2O2/c1-14(2)12-26-22(29)15(3)27(13-18-19(24)5-4-6-20(18)25)21(28)11-16-7-9-17(23)10-8-16/h4-10,14-15H,11-13H2,1-3H3,(H,26,29)/t15-/m1/s1. The number of amides is 2. The smallest absolute Gasteiger partial charge is 0.242 e. The number of nitrogens with one attached hydrogen (secondary N) is 1. The average molecular weight is 456 g/mol. The SMILES string of the molecule is CC(C)CNC(=O)[C@@H](C)N(Cc1c(Cl)cccc1Cl)C(=O)Cc1ccc(Cl)cc1. The number of hydrogen-bond acceptors (Lipinski definition) is 2. The first-order valence-corrected chi connectivity index (χ1v) is 10.6. The molecule has 0 aromatic heterocycles. The minimum Gasteiger partial charge on any atom is -0.354 e. The Balaban J connectivity index is 2.27. The van der Waals surface area contributed by atoms with Crippen molar-refractivity contribution in [2.45, 2.75) is 39.8 Å². The summed E-state index contributed by atoms with van der Waals surface area (Å²) in [4.78, 5) is 27.3. The highest BCUT2D eigenvalue weighted by Crippen LogP contribution is 2.27. The van der Waals surface area contributed by atoms with Crippen LogP contribution >= 0.6 is 34.8 Å². The van der Waals surface area contributed by atoms with Gasteiger partial charge in [0.2, 0.25) is 11.8 Å². The molecule has 0 aliphatic heterocycles.